The molecule has 2 aromatic rings. The second-order valence-corrected chi connectivity index (χ2v) is 5.64. The van der Waals surface area contributed by atoms with E-state index in [1.54, 1.807) is 0 Å². The minimum atomic E-state index is 0.0515. The molecule has 0 bridgehead atoms. The second kappa shape index (κ2) is 4.82. The van der Waals surface area contributed by atoms with E-state index in [4.69, 9.17) is 0 Å². The molecule has 1 fully saturated rings. The minimum absolute atomic E-state index is 0.0515. The molecule has 1 aromatic heterocycles. The molecule has 3 heteroatoms. The van der Waals surface area contributed by atoms with Crippen molar-refractivity contribution in [3.8, 4) is 0 Å². The minimum Gasteiger partial charge on any atom is -0.325 e. The van der Waals surface area contributed by atoms with Crippen molar-refractivity contribution in [1.29, 1.82) is 0 Å². The molecule has 1 unspecified atom stereocenters. The summed E-state index contributed by atoms with van der Waals surface area (Å²) in [4.78, 5) is 15.4. The summed E-state index contributed by atoms with van der Waals surface area (Å²) in [6.45, 7) is 6.14. The summed E-state index contributed by atoms with van der Waals surface area (Å²) in [6.07, 6.45) is 2.33. The van der Waals surface area contributed by atoms with Crippen LogP contribution in [0.25, 0.3) is 10.8 Å². The second-order valence-electron chi connectivity index (χ2n) is 5.64. The van der Waals surface area contributed by atoms with Gasteiger partial charge in [-0.3, -0.25) is 4.79 Å². The number of nitrogens with one attached hydrogen (secondary N) is 2. The fourth-order valence-electron chi connectivity index (χ4n) is 3.16. The monoisotopic (exact) mass is 256 g/mol. The largest absolute Gasteiger partial charge is 0.325 e. The number of benzene rings is 1. The molecule has 2 N–H and O–H groups in total. The lowest BCUT2D eigenvalue weighted by Gasteiger charge is -2.23. The Morgan fingerprint density at radius 3 is 2.79 bits per heavy atom. The van der Waals surface area contributed by atoms with Crippen LogP contribution in [0.5, 0.6) is 0 Å². The van der Waals surface area contributed by atoms with Gasteiger partial charge in [0.05, 0.1) is 0 Å². The summed E-state index contributed by atoms with van der Waals surface area (Å²) in [5.74, 6) is 0.437. The van der Waals surface area contributed by atoms with Crippen molar-refractivity contribution >= 4 is 10.8 Å². The molecule has 19 heavy (non-hydrogen) atoms. The molecule has 3 rings (SSSR count). The van der Waals surface area contributed by atoms with Crippen molar-refractivity contribution in [2.45, 2.75) is 32.6 Å². The van der Waals surface area contributed by atoms with Crippen molar-refractivity contribution in [2.24, 2.45) is 0 Å². The Hall–Kier alpha value is -1.61. The highest BCUT2D eigenvalue weighted by molar-refractivity contribution is 5.85. The highest BCUT2D eigenvalue weighted by atomic mass is 16.1. The summed E-state index contributed by atoms with van der Waals surface area (Å²) in [7, 11) is 0. The van der Waals surface area contributed by atoms with Crippen LogP contribution in [0.3, 0.4) is 0 Å². The first-order valence-corrected chi connectivity index (χ1v) is 7.00. The third-order valence-corrected chi connectivity index (χ3v) is 4.04. The zero-order chi connectivity index (χ0) is 13.4. The van der Waals surface area contributed by atoms with Gasteiger partial charge < -0.3 is 10.3 Å². The van der Waals surface area contributed by atoms with Crippen molar-refractivity contribution < 1.29 is 0 Å². The Balaban J connectivity index is 2.15. The summed E-state index contributed by atoms with van der Waals surface area (Å²) < 4.78 is 0. The number of pyridine rings is 1. The zero-order valence-corrected chi connectivity index (χ0v) is 11.5. The maximum atomic E-state index is 12.3. The van der Waals surface area contributed by atoms with Gasteiger partial charge in [-0.15, -0.1) is 0 Å². The van der Waals surface area contributed by atoms with E-state index in [2.05, 4.69) is 35.4 Å². The molecule has 100 valence electrons. The van der Waals surface area contributed by atoms with E-state index in [1.807, 2.05) is 6.92 Å². The zero-order valence-electron chi connectivity index (χ0n) is 11.5. The highest BCUT2D eigenvalue weighted by Crippen LogP contribution is 2.24. The lowest BCUT2D eigenvalue weighted by Crippen LogP contribution is -2.29. The van der Waals surface area contributed by atoms with Gasteiger partial charge in [-0.25, -0.2) is 0 Å². The first kappa shape index (κ1) is 12.4. The SMILES string of the molecule is Cc1cc(C)c2c(=O)[nH]c(C3CCCNC3)cc2c1. The summed E-state index contributed by atoms with van der Waals surface area (Å²) in [5, 5.41) is 5.30. The van der Waals surface area contributed by atoms with Gasteiger partial charge in [0.2, 0.25) is 0 Å². The molecule has 0 aliphatic carbocycles. The van der Waals surface area contributed by atoms with Crippen LogP contribution in [0.4, 0.5) is 0 Å². The Bertz CT molecular complexity index is 666. The molecule has 3 nitrogen and oxygen atoms in total. The van der Waals surface area contributed by atoms with Gasteiger partial charge in [0.15, 0.2) is 0 Å². The standard InChI is InChI=1S/C16H20N2O/c1-10-6-11(2)15-13(7-10)8-14(18-16(15)19)12-4-3-5-17-9-12/h6-8,12,17H,3-5,9H2,1-2H3,(H,18,19). The molecule has 1 atom stereocenters. The topological polar surface area (TPSA) is 44.9 Å². The van der Waals surface area contributed by atoms with Crippen LogP contribution >= 0.6 is 0 Å². The maximum Gasteiger partial charge on any atom is 0.256 e. The maximum absolute atomic E-state index is 12.3. The Morgan fingerprint density at radius 2 is 2.05 bits per heavy atom. The smallest absolute Gasteiger partial charge is 0.256 e. The number of aryl methyl sites for hydroxylation is 2. The Kier molecular flexibility index (Phi) is 3.15. The number of aromatic amines is 1. The van der Waals surface area contributed by atoms with Crippen LogP contribution < -0.4 is 10.9 Å². The average Bonchev–Trinajstić information content (AvgIpc) is 2.38. The van der Waals surface area contributed by atoms with E-state index in [-0.39, 0.29) is 5.56 Å². The number of rotatable bonds is 1. The lowest BCUT2D eigenvalue weighted by atomic mass is 9.93. The quantitative estimate of drug-likeness (QED) is 0.823. The van der Waals surface area contributed by atoms with Crippen molar-refractivity contribution in [3.63, 3.8) is 0 Å². The molecule has 0 saturated carbocycles. The van der Waals surface area contributed by atoms with E-state index in [0.717, 1.165) is 41.5 Å². The van der Waals surface area contributed by atoms with E-state index in [1.165, 1.54) is 12.0 Å². The van der Waals surface area contributed by atoms with Gasteiger partial charge >= 0.3 is 0 Å². The van der Waals surface area contributed by atoms with Crippen LogP contribution in [0.1, 0.15) is 35.6 Å². The molecule has 2 heterocycles. The van der Waals surface area contributed by atoms with E-state index in [0.29, 0.717) is 5.92 Å². The van der Waals surface area contributed by atoms with Crippen LogP contribution in [0, 0.1) is 13.8 Å². The first-order valence-electron chi connectivity index (χ1n) is 7.00. The Morgan fingerprint density at radius 1 is 1.21 bits per heavy atom. The van der Waals surface area contributed by atoms with Crippen LogP contribution in [0.15, 0.2) is 23.0 Å². The fourth-order valence-corrected chi connectivity index (χ4v) is 3.16. The van der Waals surface area contributed by atoms with Gasteiger partial charge in [-0.1, -0.05) is 17.7 Å². The van der Waals surface area contributed by atoms with Gasteiger partial charge in [-0.2, -0.15) is 0 Å². The van der Waals surface area contributed by atoms with Crippen molar-refractivity contribution in [3.05, 3.63) is 45.4 Å². The average molecular weight is 256 g/mol. The number of hydrogen-bond donors (Lipinski definition) is 2. The van der Waals surface area contributed by atoms with Crippen LogP contribution in [0.2, 0.25) is 0 Å². The van der Waals surface area contributed by atoms with Crippen LogP contribution in [-0.4, -0.2) is 18.1 Å². The Labute approximate surface area is 113 Å². The van der Waals surface area contributed by atoms with Gasteiger partial charge in [0.1, 0.15) is 0 Å². The number of H-pyrrole nitrogens is 1. The number of fused-ring (bicyclic) bond motifs is 1. The van der Waals surface area contributed by atoms with E-state index >= 15 is 0 Å². The molecule has 0 radical (unpaired) electrons. The van der Waals surface area contributed by atoms with Gasteiger partial charge in [0, 0.05) is 23.5 Å². The fraction of sp³-hybridized carbons (Fsp3) is 0.438. The predicted octanol–water partition coefficient (Wildman–Crippen LogP) is 2.61. The third-order valence-electron chi connectivity index (χ3n) is 4.04. The molecule has 1 aliphatic rings. The van der Waals surface area contributed by atoms with E-state index < -0.39 is 0 Å². The molecular weight excluding hydrogens is 236 g/mol. The normalized spacial score (nSPS) is 19.8. The first-order chi connectivity index (χ1) is 9.15. The predicted molar refractivity (Wildman–Crippen MR) is 78.9 cm³/mol. The van der Waals surface area contributed by atoms with Gasteiger partial charge in [0.25, 0.3) is 5.56 Å². The molecule has 0 spiro atoms. The number of hydrogen-bond acceptors (Lipinski definition) is 2. The summed E-state index contributed by atoms with van der Waals surface area (Å²) in [6, 6.07) is 6.34. The molecule has 1 saturated heterocycles. The molecule has 1 aromatic carbocycles. The molecule has 1 aliphatic heterocycles. The third kappa shape index (κ3) is 2.30. The number of piperidine rings is 1. The summed E-state index contributed by atoms with van der Waals surface area (Å²) in [5.41, 5.74) is 3.40. The molecule has 0 amide bonds. The van der Waals surface area contributed by atoms with Crippen molar-refractivity contribution in [1.82, 2.24) is 10.3 Å². The molecular formula is C16H20N2O. The van der Waals surface area contributed by atoms with Crippen molar-refractivity contribution in [2.75, 3.05) is 13.1 Å². The highest BCUT2D eigenvalue weighted by Gasteiger charge is 2.17. The van der Waals surface area contributed by atoms with E-state index in [9.17, 15) is 4.79 Å². The summed E-state index contributed by atoms with van der Waals surface area (Å²) >= 11 is 0. The van der Waals surface area contributed by atoms with Crippen LogP contribution in [-0.2, 0) is 0 Å². The van der Waals surface area contributed by atoms with Gasteiger partial charge in [-0.05, 0) is 50.2 Å². The lowest BCUT2D eigenvalue weighted by molar-refractivity contribution is 0.454. The number of aromatic nitrogens is 1.